The Hall–Kier alpha value is -1.16. The molecule has 1 aromatic heterocycles. The molecule has 1 saturated heterocycles. The van der Waals surface area contributed by atoms with E-state index in [1.807, 2.05) is 26.2 Å². The first-order chi connectivity index (χ1) is 8.20. The first-order valence-corrected chi connectivity index (χ1v) is 6.42. The van der Waals surface area contributed by atoms with Gasteiger partial charge >= 0.3 is 0 Å². The summed E-state index contributed by atoms with van der Waals surface area (Å²) in [4.78, 5) is 11.0. The van der Waals surface area contributed by atoms with Gasteiger partial charge in [0.05, 0.1) is 0 Å². The number of aromatic nitrogens is 2. The Labute approximate surface area is 103 Å². The molecule has 1 fully saturated rings. The Morgan fingerprint density at radius 1 is 1.41 bits per heavy atom. The van der Waals surface area contributed by atoms with E-state index in [1.165, 1.54) is 12.8 Å². The zero-order valence-corrected chi connectivity index (χ0v) is 11.0. The molecule has 4 nitrogen and oxygen atoms in total. The molecule has 4 heteroatoms. The largest absolute Gasteiger partial charge is 0.356 e. The number of hydrogen-bond donors (Lipinski definition) is 1. The van der Waals surface area contributed by atoms with Gasteiger partial charge in [-0.15, -0.1) is 0 Å². The molecule has 0 amide bonds. The minimum absolute atomic E-state index is 0.615. The summed E-state index contributed by atoms with van der Waals surface area (Å²) < 4.78 is 0. The smallest absolute Gasteiger partial charge is 0.132 e. The minimum atomic E-state index is 0.615. The van der Waals surface area contributed by atoms with E-state index in [2.05, 4.69) is 27.1 Å². The van der Waals surface area contributed by atoms with Crippen LogP contribution < -0.4 is 10.2 Å². The molecule has 94 valence electrons. The second-order valence-corrected chi connectivity index (χ2v) is 4.86. The molecule has 1 aliphatic heterocycles. The standard InChI is InChI=1S/C13H22N4/c1-10(14-3)12-5-8-17(9-6-12)13-4-7-15-11(2)16-13/h4,7,10,12,14H,5-6,8-9H2,1-3H3. The highest BCUT2D eigenvalue weighted by atomic mass is 15.2. The van der Waals surface area contributed by atoms with Crippen molar-refractivity contribution < 1.29 is 0 Å². The van der Waals surface area contributed by atoms with E-state index in [-0.39, 0.29) is 0 Å². The van der Waals surface area contributed by atoms with Crippen LogP contribution in [0.15, 0.2) is 12.3 Å². The maximum absolute atomic E-state index is 4.49. The van der Waals surface area contributed by atoms with E-state index in [9.17, 15) is 0 Å². The van der Waals surface area contributed by atoms with E-state index >= 15 is 0 Å². The lowest BCUT2D eigenvalue weighted by molar-refractivity contribution is 0.323. The number of anilines is 1. The fourth-order valence-electron chi connectivity index (χ4n) is 2.48. The molecule has 17 heavy (non-hydrogen) atoms. The number of aryl methyl sites for hydroxylation is 1. The summed E-state index contributed by atoms with van der Waals surface area (Å²) >= 11 is 0. The van der Waals surface area contributed by atoms with E-state index in [1.54, 1.807) is 0 Å². The highest BCUT2D eigenvalue weighted by molar-refractivity contribution is 5.37. The van der Waals surface area contributed by atoms with Crippen LogP contribution >= 0.6 is 0 Å². The van der Waals surface area contributed by atoms with Crippen LogP contribution in [0.2, 0.25) is 0 Å². The van der Waals surface area contributed by atoms with Crippen LogP contribution in [0.1, 0.15) is 25.6 Å². The molecule has 0 aliphatic carbocycles. The number of rotatable bonds is 3. The maximum Gasteiger partial charge on any atom is 0.132 e. The van der Waals surface area contributed by atoms with Gasteiger partial charge in [0.15, 0.2) is 0 Å². The summed E-state index contributed by atoms with van der Waals surface area (Å²) in [5.74, 6) is 2.72. The number of hydrogen-bond acceptors (Lipinski definition) is 4. The molecule has 1 atom stereocenters. The molecular weight excluding hydrogens is 212 g/mol. The van der Waals surface area contributed by atoms with Crippen molar-refractivity contribution in [2.24, 2.45) is 5.92 Å². The predicted molar refractivity (Wildman–Crippen MR) is 70.2 cm³/mol. The van der Waals surface area contributed by atoms with Gasteiger partial charge in [0, 0.05) is 25.3 Å². The van der Waals surface area contributed by atoms with Crippen molar-refractivity contribution in [3.05, 3.63) is 18.1 Å². The second-order valence-electron chi connectivity index (χ2n) is 4.86. The monoisotopic (exact) mass is 234 g/mol. The molecular formula is C13H22N4. The lowest BCUT2D eigenvalue weighted by Gasteiger charge is -2.35. The molecule has 1 aliphatic rings. The number of nitrogens with one attached hydrogen (secondary N) is 1. The molecule has 2 heterocycles. The third-order valence-electron chi connectivity index (χ3n) is 3.79. The highest BCUT2D eigenvalue weighted by Gasteiger charge is 2.23. The van der Waals surface area contributed by atoms with Gasteiger partial charge in [-0.1, -0.05) is 0 Å². The molecule has 0 radical (unpaired) electrons. The Morgan fingerprint density at radius 3 is 2.71 bits per heavy atom. The summed E-state index contributed by atoms with van der Waals surface area (Å²) in [6, 6.07) is 2.62. The number of piperidine rings is 1. The molecule has 1 N–H and O–H groups in total. The predicted octanol–water partition coefficient (Wildman–Crippen LogP) is 1.61. The first-order valence-electron chi connectivity index (χ1n) is 6.42. The van der Waals surface area contributed by atoms with Crippen molar-refractivity contribution in [3.8, 4) is 0 Å². The Bertz CT molecular complexity index is 358. The van der Waals surface area contributed by atoms with Crippen LogP contribution in [0, 0.1) is 12.8 Å². The third-order valence-corrected chi connectivity index (χ3v) is 3.79. The average Bonchev–Trinajstić information content (AvgIpc) is 2.38. The van der Waals surface area contributed by atoms with Gasteiger partial charge in [0.25, 0.3) is 0 Å². The van der Waals surface area contributed by atoms with Crippen molar-refractivity contribution in [2.45, 2.75) is 32.7 Å². The van der Waals surface area contributed by atoms with E-state index in [0.29, 0.717) is 6.04 Å². The quantitative estimate of drug-likeness (QED) is 0.862. The summed E-state index contributed by atoms with van der Waals surface area (Å²) in [5, 5.41) is 3.35. The Morgan fingerprint density at radius 2 is 2.12 bits per heavy atom. The van der Waals surface area contributed by atoms with Crippen LogP contribution in [0.5, 0.6) is 0 Å². The Balaban J connectivity index is 1.95. The van der Waals surface area contributed by atoms with Gasteiger partial charge in [-0.2, -0.15) is 0 Å². The summed E-state index contributed by atoms with van der Waals surface area (Å²) in [5.41, 5.74) is 0. The highest BCUT2D eigenvalue weighted by Crippen LogP contribution is 2.23. The average molecular weight is 234 g/mol. The first kappa shape index (κ1) is 12.3. The fraction of sp³-hybridized carbons (Fsp3) is 0.692. The van der Waals surface area contributed by atoms with Crippen LogP contribution in [-0.4, -0.2) is 36.1 Å². The molecule has 1 unspecified atom stereocenters. The molecule has 2 rings (SSSR count). The van der Waals surface area contributed by atoms with E-state index < -0.39 is 0 Å². The topological polar surface area (TPSA) is 41.0 Å². The lowest BCUT2D eigenvalue weighted by atomic mass is 9.90. The number of nitrogens with zero attached hydrogens (tertiary/aromatic N) is 3. The van der Waals surface area contributed by atoms with Crippen molar-refractivity contribution in [1.82, 2.24) is 15.3 Å². The molecule has 0 spiro atoms. The lowest BCUT2D eigenvalue weighted by Crippen LogP contribution is -2.41. The van der Waals surface area contributed by atoms with Crippen LogP contribution in [0.3, 0.4) is 0 Å². The van der Waals surface area contributed by atoms with Gasteiger partial charge in [-0.3, -0.25) is 0 Å². The van der Waals surface area contributed by atoms with E-state index in [4.69, 9.17) is 0 Å². The van der Waals surface area contributed by atoms with Gasteiger partial charge in [0.2, 0.25) is 0 Å². The maximum atomic E-state index is 4.49. The van der Waals surface area contributed by atoms with Crippen molar-refractivity contribution >= 4 is 5.82 Å². The molecule has 0 aromatic carbocycles. The van der Waals surface area contributed by atoms with Crippen molar-refractivity contribution in [2.75, 3.05) is 25.0 Å². The van der Waals surface area contributed by atoms with Crippen LogP contribution in [0.25, 0.3) is 0 Å². The van der Waals surface area contributed by atoms with Crippen LogP contribution in [-0.2, 0) is 0 Å². The van der Waals surface area contributed by atoms with E-state index in [0.717, 1.165) is 30.6 Å². The second kappa shape index (κ2) is 5.45. The summed E-state index contributed by atoms with van der Waals surface area (Å²) in [6.07, 6.45) is 4.33. The van der Waals surface area contributed by atoms with Crippen molar-refractivity contribution in [1.29, 1.82) is 0 Å². The normalized spacial score (nSPS) is 19.4. The van der Waals surface area contributed by atoms with Gasteiger partial charge in [0.1, 0.15) is 11.6 Å². The summed E-state index contributed by atoms with van der Waals surface area (Å²) in [7, 11) is 2.05. The zero-order valence-electron chi connectivity index (χ0n) is 11.0. The molecule has 1 aromatic rings. The third kappa shape index (κ3) is 2.94. The SMILES string of the molecule is CNC(C)C1CCN(c2ccnc(C)n2)CC1. The van der Waals surface area contributed by atoms with Gasteiger partial charge in [-0.25, -0.2) is 9.97 Å². The van der Waals surface area contributed by atoms with Gasteiger partial charge < -0.3 is 10.2 Å². The van der Waals surface area contributed by atoms with Crippen LogP contribution in [0.4, 0.5) is 5.82 Å². The molecule has 0 bridgehead atoms. The summed E-state index contributed by atoms with van der Waals surface area (Å²) in [6.45, 7) is 6.43. The van der Waals surface area contributed by atoms with Gasteiger partial charge in [-0.05, 0) is 45.7 Å². The molecule has 0 saturated carbocycles. The Kier molecular flexibility index (Phi) is 3.94. The van der Waals surface area contributed by atoms with Crippen molar-refractivity contribution in [3.63, 3.8) is 0 Å². The minimum Gasteiger partial charge on any atom is -0.356 e. The zero-order chi connectivity index (χ0) is 12.3. The fourth-order valence-corrected chi connectivity index (χ4v) is 2.48.